The van der Waals surface area contributed by atoms with Gasteiger partial charge in [-0.1, -0.05) is 19.4 Å². The van der Waals surface area contributed by atoms with E-state index in [0.29, 0.717) is 5.92 Å². The van der Waals surface area contributed by atoms with Gasteiger partial charge >= 0.3 is 0 Å². The Labute approximate surface area is 63.3 Å². The lowest BCUT2D eigenvalue weighted by atomic mass is 10.0. The molecule has 0 amide bonds. The van der Waals surface area contributed by atoms with E-state index in [-0.39, 0.29) is 0 Å². The van der Waals surface area contributed by atoms with Crippen molar-refractivity contribution in [2.75, 3.05) is 6.54 Å². The van der Waals surface area contributed by atoms with Gasteiger partial charge in [-0.25, -0.2) is 0 Å². The average Bonchev–Trinajstić information content (AvgIpc) is 1.90. The van der Waals surface area contributed by atoms with Crippen LogP contribution in [0.3, 0.4) is 0 Å². The summed E-state index contributed by atoms with van der Waals surface area (Å²) in [6.07, 6.45) is 7.12. The predicted octanol–water partition coefficient (Wildman–Crippen LogP) is 1.22. The first kappa shape index (κ1) is 9.50. The second kappa shape index (κ2) is 6.62. The van der Waals surface area contributed by atoms with Crippen LogP contribution in [0.25, 0.3) is 0 Å². The third kappa shape index (κ3) is 4.39. The van der Waals surface area contributed by atoms with E-state index in [1.807, 2.05) is 6.08 Å². The SMILES string of the molecule is CCCC(/C=C/N)CCN. The van der Waals surface area contributed by atoms with Crippen LogP contribution >= 0.6 is 0 Å². The molecule has 0 saturated carbocycles. The van der Waals surface area contributed by atoms with Gasteiger partial charge in [-0.05, 0) is 31.5 Å². The topological polar surface area (TPSA) is 52.0 Å². The van der Waals surface area contributed by atoms with E-state index in [9.17, 15) is 0 Å². The van der Waals surface area contributed by atoms with E-state index in [4.69, 9.17) is 11.5 Å². The molecule has 0 aromatic rings. The summed E-state index contributed by atoms with van der Waals surface area (Å²) in [4.78, 5) is 0. The van der Waals surface area contributed by atoms with Crippen molar-refractivity contribution in [3.63, 3.8) is 0 Å². The molecule has 0 aromatic heterocycles. The van der Waals surface area contributed by atoms with Crippen LogP contribution in [-0.2, 0) is 0 Å². The third-order valence-electron chi connectivity index (χ3n) is 1.58. The lowest BCUT2D eigenvalue weighted by Gasteiger charge is -2.08. The molecule has 1 atom stereocenters. The van der Waals surface area contributed by atoms with Crippen molar-refractivity contribution in [2.24, 2.45) is 17.4 Å². The fourth-order valence-electron chi connectivity index (χ4n) is 1.08. The number of nitrogens with two attached hydrogens (primary N) is 2. The minimum absolute atomic E-state index is 0.597. The standard InChI is InChI=1S/C8H18N2/c1-2-3-8(4-6-9)5-7-10/h4,6,8H,2-3,5,7,9-10H2,1H3/b6-4+. The summed E-state index contributed by atoms with van der Waals surface area (Å²) >= 11 is 0. The summed E-state index contributed by atoms with van der Waals surface area (Å²) in [5, 5.41) is 0. The number of allylic oxidation sites excluding steroid dienone is 1. The first-order chi connectivity index (χ1) is 4.85. The lowest BCUT2D eigenvalue weighted by molar-refractivity contribution is 0.543. The molecular weight excluding hydrogens is 124 g/mol. The van der Waals surface area contributed by atoms with Gasteiger partial charge in [-0.2, -0.15) is 0 Å². The van der Waals surface area contributed by atoms with E-state index in [2.05, 4.69) is 6.92 Å². The van der Waals surface area contributed by atoms with Gasteiger partial charge in [-0.3, -0.25) is 0 Å². The molecule has 0 bridgehead atoms. The van der Waals surface area contributed by atoms with Crippen molar-refractivity contribution in [3.05, 3.63) is 12.3 Å². The van der Waals surface area contributed by atoms with Crippen LogP contribution < -0.4 is 11.5 Å². The van der Waals surface area contributed by atoms with Crippen molar-refractivity contribution >= 4 is 0 Å². The van der Waals surface area contributed by atoms with E-state index < -0.39 is 0 Å². The number of hydrogen-bond donors (Lipinski definition) is 2. The van der Waals surface area contributed by atoms with Gasteiger partial charge in [0.05, 0.1) is 0 Å². The molecule has 0 spiro atoms. The quantitative estimate of drug-likeness (QED) is 0.606. The largest absolute Gasteiger partial charge is 0.405 e. The van der Waals surface area contributed by atoms with E-state index in [1.165, 1.54) is 12.8 Å². The Balaban J connectivity index is 3.50. The third-order valence-corrected chi connectivity index (χ3v) is 1.58. The maximum absolute atomic E-state index is 5.42. The second-order valence-corrected chi connectivity index (χ2v) is 2.51. The molecule has 0 fully saturated rings. The van der Waals surface area contributed by atoms with Crippen LogP contribution in [0, 0.1) is 5.92 Å². The summed E-state index contributed by atoms with van der Waals surface area (Å²) in [6, 6.07) is 0. The van der Waals surface area contributed by atoms with Crippen LogP contribution in [0.5, 0.6) is 0 Å². The maximum Gasteiger partial charge on any atom is -0.00717 e. The normalized spacial score (nSPS) is 14.2. The van der Waals surface area contributed by atoms with Crippen LogP contribution in [-0.4, -0.2) is 6.54 Å². The van der Waals surface area contributed by atoms with Crippen molar-refractivity contribution in [3.8, 4) is 0 Å². The van der Waals surface area contributed by atoms with Gasteiger partial charge in [0.15, 0.2) is 0 Å². The summed E-state index contributed by atoms with van der Waals surface area (Å²) in [6.45, 7) is 2.93. The second-order valence-electron chi connectivity index (χ2n) is 2.51. The van der Waals surface area contributed by atoms with Crippen LogP contribution in [0.1, 0.15) is 26.2 Å². The molecule has 2 heteroatoms. The monoisotopic (exact) mass is 142 g/mol. The zero-order valence-corrected chi connectivity index (χ0v) is 6.72. The zero-order valence-electron chi connectivity index (χ0n) is 6.72. The van der Waals surface area contributed by atoms with Gasteiger partial charge < -0.3 is 11.5 Å². The fourth-order valence-corrected chi connectivity index (χ4v) is 1.08. The zero-order chi connectivity index (χ0) is 7.82. The molecule has 0 aliphatic carbocycles. The fraction of sp³-hybridized carbons (Fsp3) is 0.750. The molecule has 0 rings (SSSR count). The van der Waals surface area contributed by atoms with Gasteiger partial charge in [0.2, 0.25) is 0 Å². The molecule has 10 heavy (non-hydrogen) atoms. The molecule has 0 aliphatic heterocycles. The Kier molecular flexibility index (Phi) is 6.29. The minimum atomic E-state index is 0.597. The summed E-state index contributed by atoms with van der Waals surface area (Å²) < 4.78 is 0. The number of rotatable bonds is 5. The van der Waals surface area contributed by atoms with Crippen LogP contribution in [0.2, 0.25) is 0 Å². The Morgan fingerprint density at radius 1 is 1.40 bits per heavy atom. The maximum atomic E-state index is 5.42. The van der Waals surface area contributed by atoms with E-state index >= 15 is 0 Å². The van der Waals surface area contributed by atoms with Crippen molar-refractivity contribution in [1.82, 2.24) is 0 Å². The highest BCUT2D eigenvalue weighted by Gasteiger charge is 2.00. The molecule has 0 heterocycles. The minimum Gasteiger partial charge on any atom is -0.405 e. The Hall–Kier alpha value is -0.500. The molecule has 0 aliphatic rings. The molecule has 2 nitrogen and oxygen atoms in total. The highest BCUT2D eigenvalue weighted by atomic mass is 14.5. The van der Waals surface area contributed by atoms with Crippen LogP contribution in [0.15, 0.2) is 12.3 Å². The molecule has 60 valence electrons. The Bertz CT molecular complexity index is 83.3. The molecule has 0 aromatic carbocycles. The van der Waals surface area contributed by atoms with Crippen molar-refractivity contribution < 1.29 is 0 Å². The Morgan fingerprint density at radius 3 is 2.50 bits per heavy atom. The van der Waals surface area contributed by atoms with Crippen molar-refractivity contribution in [1.29, 1.82) is 0 Å². The van der Waals surface area contributed by atoms with Gasteiger partial charge in [0, 0.05) is 0 Å². The first-order valence-corrected chi connectivity index (χ1v) is 3.93. The molecule has 4 N–H and O–H groups in total. The average molecular weight is 142 g/mol. The van der Waals surface area contributed by atoms with Gasteiger partial charge in [0.1, 0.15) is 0 Å². The summed E-state index contributed by atoms with van der Waals surface area (Å²) in [5.74, 6) is 0.597. The van der Waals surface area contributed by atoms with Gasteiger partial charge in [-0.15, -0.1) is 0 Å². The summed E-state index contributed by atoms with van der Waals surface area (Å²) in [5.41, 5.74) is 10.7. The van der Waals surface area contributed by atoms with E-state index in [1.54, 1.807) is 6.20 Å². The highest BCUT2D eigenvalue weighted by Crippen LogP contribution is 2.10. The molecule has 0 saturated heterocycles. The lowest BCUT2D eigenvalue weighted by Crippen LogP contribution is -2.06. The van der Waals surface area contributed by atoms with Crippen LogP contribution in [0.4, 0.5) is 0 Å². The first-order valence-electron chi connectivity index (χ1n) is 3.93. The summed E-state index contributed by atoms with van der Waals surface area (Å²) in [7, 11) is 0. The predicted molar refractivity (Wildman–Crippen MR) is 45.4 cm³/mol. The van der Waals surface area contributed by atoms with Crippen molar-refractivity contribution in [2.45, 2.75) is 26.2 Å². The molecule has 0 radical (unpaired) electrons. The number of hydrogen-bond acceptors (Lipinski definition) is 2. The molecular formula is C8H18N2. The highest BCUT2D eigenvalue weighted by molar-refractivity contribution is 4.84. The van der Waals surface area contributed by atoms with E-state index in [0.717, 1.165) is 13.0 Å². The Morgan fingerprint density at radius 2 is 2.10 bits per heavy atom. The molecule has 1 unspecified atom stereocenters. The smallest absolute Gasteiger partial charge is 0.00717 e. The van der Waals surface area contributed by atoms with Gasteiger partial charge in [0.25, 0.3) is 0 Å².